The summed E-state index contributed by atoms with van der Waals surface area (Å²) >= 11 is 0. The molecule has 0 fully saturated rings. The van der Waals surface area contributed by atoms with Gasteiger partial charge in [0.15, 0.2) is 0 Å². The second-order valence-corrected chi connectivity index (χ2v) is 11.8. The van der Waals surface area contributed by atoms with Gasteiger partial charge in [0.05, 0.1) is 22.8 Å². The number of benzene rings is 2. The number of nitrogens with zero attached hydrogens (tertiary/aromatic N) is 4. The molecule has 5 aromatic rings. The van der Waals surface area contributed by atoms with E-state index in [2.05, 4.69) is 122 Å². The van der Waals surface area contributed by atoms with E-state index in [4.69, 9.17) is 19.9 Å². The molecule has 47 heavy (non-hydrogen) atoms. The van der Waals surface area contributed by atoms with Crippen LogP contribution < -0.4 is 20.6 Å². The fourth-order valence-electron chi connectivity index (χ4n) is 5.88. The van der Waals surface area contributed by atoms with E-state index >= 15 is 0 Å². The van der Waals surface area contributed by atoms with Gasteiger partial charge in [-0.15, -0.1) is 22.1 Å². The minimum Gasteiger partial charge on any atom is -0.657 e. The first-order valence-electron chi connectivity index (χ1n) is 16.4. The Bertz CT molecular complexity index is 1920. The van der Waals surface area contributed by atoms with Crippen molar-refractivity contribution in [2.75, 3.05) is 23.7 Å². The van der Waals surface area contributed by atoms with Crippen LogP contribution in [0.1, 0.15) is 62.3 Å². The van der Waals surface area contributed by atoms with Gasteiger partial charge in [0, 0.05) is 24.5 Å². The minimum absolute atomic E-state index is 0. The Kier molecular flexibility index (Phi) is 10.1. The standard InChI is InChI=1S/C40H38N6.Zn/c1-3-5-23-41-29-11-7-27(8-12-29)39-35-19-15-31(43-35)25-33-17-21-37(45-33)40(28-9-13-30(14-10-28)42-24-6-4-2)38-22-18-34(46-38)26-32-16-20-36(39)44-32;/h7-22,25-26,41-42H,3-6,23-24H2,1-2H3;/q-2;+2. The normalized spacial score (nSPS) is 11.8. The Balaban J connectivity index is 0.00000386. The quantitative estimate of drug-likeness (QED) is 0.112. The van der Waals surface area contributed by atoms with Crippen LogP contribution in [0.3, 0.4) is 0 Å². The maximum Gasteiger partial charge on any atom is 2.00 e. The van der Waals surface area contributed by atoms with Crippen LogP contribution in [0.15, 0.2) is 84.9 Å². The molecule has 0 saturated carbocycles. The predicted octanol–water partition coefficient (Wildman–Crippen LogP) is 9.67. The van der Waals surface area contributed by atoms with Gasteiger partial charge < -0.3 is 20.6 Å². The summed E-state index contributed by atoms with van der Waals surface area (Å²) in [5.74, 6) is 0. The van der Waals surface area contributed by atoms with Crippen LogP contribution in [-0.4, -0.2) is 23.1 Å². The number of nitrogens with one attached hydrogen (secondary N) is 2. The number of anilines is 2. The number of aromatic nitrogens is 4. The van der Waals surface area contributed by atoms with Crippen molar-refractivity contribution in [2.45, 2.75) is 39.5 Å². The predicted molar refractivity (Wildman–Crippen MR) is 194 cm³/mol. The summed E-state index contributed by atoms with van der Waals surface area (Å²) in [4.78, 5) is 20.2. The molecule has 5 heterocycles. The van der Waals surface area contributed by atoms with Gasteiger partial charge in [0.25, 0.3) is 0 Å². The fraction of sp³-hybridized carbons (Fsp3) is 0.200. The summed E-state index contributed by atoms with van der Waals surface area (Å²) in [5, 5.41) is 7.03. The summed E-state index contributed by atoms with van der Waals surface area (Å²) in [6.45, 7) is 6.35. The van der Waals surface area contributed by atoms with Crippen molar-refractivity contribution in [3.05, 3.63) is 108 Å². The first-order chi connectivity index (χ1) is 22.7. The van der Waals surface area contributed by atoms with Crippen LogP contribution in [-0.2, 0) is 19.5 Å². The monoisotopic (exact) mass is 666 g/mol. The molecule has 0 saturated heterocycles. The Morgan fingerprint density at radius 2 is 0.957 bits per heavy atom. The van der Waals surface area contributed by atoms with E-state index in [0.29, 0.717) is 0 Å². The van der Waals surface area contributed by atoms with Gasteiger partial charge in [-0.05, 0) is 83.7 Å². The summed E-state index contributed by atoms with van der Waals surface area (Å²) in [6, 6.07) is 29.5. The van der Waals surface area contributed by atoms with Gasteiger partial charge >= 0.3 is 19.5 Å². The van der Waals surface area contributed by atoms with Crippen molar-refractivity contribution in [3.63, 3.8) is 0 Å². The van der Waals surface area contributed by atoms with Gasteiger partial charge in [0.2, 0.25) is 0 Å². The van der Waals surface area contributed by atoms with Gasteiger partial charge in [-0.25, -0.2) is 9.97 Å². The van der Waals surface area contributed by atoms with Gasteiger partial charge in [-0.2, -0.15) is 0 Å². The first-order valence-corrected chi connectivity index (χ1v) is 16.4. The molecule has 7 heteroatoms. The molecule has 7 rings (SSSR count). The van der Waals surface area contributed by atoms with E-state index in [-0.39, 0.29) is 19.5 Å². The summed E-state index contributed by atoms with van der Waals surface area (Å²) in [7, 11) is 0. The zero-order valence-corrected chi connectivity index (χ0v) is 30.1. The van der Waals surface area contributed by atoms with Crippen LogP contribution in [0.25, 0.3) is 68.6 Å². The van der Waals surface area contributed by atoms with E-state index in [1.165, 1.54) is 12.8 Å². The van der Waals surface area contributed by atoms with Gasteiger partial charge in [-0.1, -0.05) is 87.4 Å². The Hall–Kier alpha value is -4.74. The Morgan fingerprint density at radius 3 is 1.36 bits per heavy atom. The van der Waals surface area contributed by atoms with Crippen molar-refractivity contribution in [3.8, 4) is 22.3 Å². The molecule has 2 N–H and O–H groups in total. The second kappa shape index (κ2) is 14.8. The Morgan fingerprint density at radius 1 is 0.532 bits per heavy atom. The fourth-order valence-corrected chi connectivity index (χ4v) is 5.88. The average Bonchev–Trinajstić information content (AvgIpc) is 3.90. The molecule has 0 amide bonds. The minimum atomic E-state index is 0. The molecule has 8 bridgehead atoms. The molecule has 230 valence electrons. The van der Waals surface area contributed by atoms with Crippen LogP contribution in [0.5, 0.6) is 0 Å². The first kappa shape index (κ1) is 32.2. The maximum absolute atomic E-state index is 5.05. The van der Waals surface area contributed by atoms with E-state index in [1.54, 1.807) is 0 Å². The summed E-state index contributed by atoms with van der Waals surface area (Å²) < 4.78 is 0. The van der Waals surface area contributed by atoms with Gasteiger partial charge in [-0.3, -0.25) is 0 Å². The number of rotatable bonds is 10. The van der Waals surface area contributed by atoms with Crippen LogP contribution in [0.2, 0.25) is 0 Å². The van der Waals surface area contributed by atoms with Crippen molar-refractivity contribution < 1.29 is 19.5 Å². The molecule has 0 radical (unpaired) electrons. The number of unbranched alkanes of at least 4 members (excludes halogenated alkanes) is 2. The molecule has 0 unspecified atom stereocenters. The summed E-state index contributed by atoms with van der Waals surface area (Å²) in [6.07, 6.45) is 12.9. The molecule has 2 aromatic carbocycles. The molecule has 6 nitrogen and oxygen atoms in total. The molecule has 3 aromatic heterocycles. The third-order valence-electron chi connectivity index (χ3n) is 8.33. The van der Waals surface area contributed by atoms with Crippen LogP contribution >= 0.6 is 0 Å². The Labute approximate surface area is 289 Å². The molecule has 0 spiro atoms. The van der Waals surface area contributed by atoms with Gasteiger partial charge in [0.1, 0.15) is 0 Å². The molecule has 0 aliphatic carbocycles. The van der Waals surface area contributed by atoms with E-state index in [1.807, 2.05) is 12.1 Å². The van der Waals surface area contributed by atoms with E-state index in [9.17, 15) is 0 Å². The van der Waals surface area contributed by atoms with Crippen molar-refractivity contribution in [1.82, 2.24) is 19.9 Å². The van der Waals surface area contributed by atoms with Crippen molar-refractivity contribution >= 4 is 57.7 Å². The van der Waals surface area contributed by atoms with Crippen LogP contribution in [0.4, 0.5) is 11.4 Å². The van der Waals surface area contributed by atoms with Crippen molar-refractivity contribution in [1.29, 1.82) is 0 Å². The zero-order valence-electron chi connectivity index (χ0n) is 27.1. The number of fused-ring (bicyclic) bond motifs is 8. The SMILES string of the molecule is CCCCNc1ccc(-c2c3nc(cc4ccc([n-]4)c(-c4ccc(NCCCC)cc4)c4nc(cc5ccc2[n-]5)C=C4)C=C3)cc1.[Zn+2]. The third kappa shape index (κ3) is 7.31. The average molecular weight is 668 g/mol. The van der Waals surface area contributed by atoms with E-state index < -0.39 is 0 Å². The molecule has 0 atom stereocenters. The maximum atomic E-state index is 5.05. The molecule has 2 aliphatic rings. The zero-order chi connectivity index (χ0) is 31.3. The smallest absolute Gasteiger partial charge is 0.657 e. The molecule has 2 aliphatic heterocycles. The number of hydrogen-bond acceptors (Lipinski definition) is 4. The summed E-state index contributed by atoms with van der Waals surface area (Å²) in [5.41, 5.74) is 13.4. The molecular weight excluding hydrogens is 630 g/mol. The van der Waals surface area contributed by atoms with Crippen molar-refractivity contribution in [2.24, 2.45) is 0 Å². The number of hydrogen-bond donors (Lipinski definition) is 2. The van der Waals surface area contributed by atoms with Crippen LogP contribution in [0, 0.1) is 0 Å². The third-order valence-corrected chi connectivity index (χ3v) is 8.33. The second-order valence-electron chi connectivity index (χ2n) is 11.8. The van der Waals surface area contributed by atoms with E-state index in [0.717, 1.165) is 104 Å². The largest absolute Gasteiger partial charge is 2.00 e. The topological polar surface area (TPSA) is 78.0 Å². The molecular formula is C40H38N6Zn.